The van der Waals surface area contributed by atoms with Crippen LogP contribution in [0, 0.1) is 0 Å². The van der Waals surface area contributed by atoms with Gasteiger partial charge in [-0.2, -0.15) is 0 Å². The van der Waals surface area contributed by atoms with Crippen LogP contribution < -0.4 is 5.32 Å². The zero-order valence-corrected chi connectivity index (χ0v) is 15.7. The Labute approximate surface area is 161 Å². The van der Waals surface area contributed by atoms with Gasteiger partial charge in [0.2, 0.25) is 0 Å². The summed E-state index contributed by atoms with van der Waals surface area (Å²) >= 11 is 4.83. The normalized spacial score (nSPS) is 10.7. The molecular formula is C18H12BrN5OS. The number of thiazole rings is 1. The number of hydrogen-bond donors (Lipinski definition) is 1. The van der Waals surface area contributed by atoms with Crippen molar-refractivity contribution in [3.63, 3.8) is 0 Å². The lowest BCUT2D eigenvalue weighted by molar-refractivity contribution is 0.102. The van der Waals surface area contributed by atoms with E-state index in [2.05, 4.69) is 36.2 Å². The van der Waals surface area contributed by atoms with Crippen molar-refractivity contribution in [2.24, 2.45) is 0 Å². The molecule has 0 aliphatic heterocycles. The highest BCUT2D eigenvalue weighted by atomic mass is 79.9. The smallest absolute Gasteiger partial charge is 0.259 e. The van der Waals surface area contributed by atoms with Gasteiger partial charge in [0.1, 0.15) is 12.1 Å². The number of hydrogen-bond acceptors (Lipinski definition) is 5. The summed E-state index contributed by atoms with van der Waals surface area (Å²) in [7, 11) is 0. The number of carbonyl (C=O) groups is 1. The molecule has 128 valence electrons. The fourth-order valence-corrected chi connectivity index (χ4v) is 3.46. The van der Waals surface area contributed by atoms with E-state index in [9.17, 15) is 4.79 Å². The molecule has 0 fully saturated rings. The number of nitrogens with zero attached hydrogens (tertiary/aromatic N) is 4. The number of rotatable bonds is 4. The average molecular weight is 426 g/mol. The molecule has 3 heterocycles. The number of anilines is 1. The van der Waals surface area contributed by atoms with Crippen molar-refractivity contribution in [2.75, 3.05) is 5.32 Å². The molecule has 0 atom stereocenters. The minimum atomic E-state index is -0.246. The Kier molecular flexibility index (Phi) is 4.59. The quantitative estimate of drug-likeness (QED) is 0.525. The molecule has 1 amide bonds. The molecule has 0 unspecified atom stereocenters. The minimum absolute atomic E-state index is 0.246. The van der Waals surface area contributed by atoms with E-state index in [0.717, 1.165) is 15.7 Å². The highest BCUT2D eigenvalue weighted by Crippen LogP contribution is 2.27. The second kappa shape index (κ2) is 7.19. The minimum Gasteiger partial charge on any atom is -0.298 e. The van der Waals surface area contributed by atoms with Crippen LogP contribution in [0.1, 0.15) is 10.4 Å². The van der Waals surface area contributed by atoms with Crippen LogP contribution in [-0.4, -0.2) is 25.4 Å². The van der Waals surface area contributed by atoms with E-state index >= 15 is 0 Å². The van der Waals surface area contributed by atoms with Crippen LogP contribution >= 0.6 is 27.3 Å². The molecule has 3 aromatic heterocycles. The van der Waals surface area contributed by atoms with E-state index < -0.39 is 0 Å². The molecule has 8 heteroatoms. The summed E-state index contributed by atoms with van der Waals surface area (Å²) in [5.41, 5.74) is 2.27. The first-order chi connectivity index (χ1) is 12.7. The van der Waals surface area contributed by atoms with Gasteiger partial charge in [-0.3, -0.25) is 14.7 Å². The molecule has 1 N–H and O–H groups in total. The topological polar surface area (TPSA) is 72.7 Å². The van der Waals surface area contributed by atoms with Crippen LogP contribution in [0.2, 0.25) is 0 Å². The van der Waals surface area contributed by atoms with E-state index in [-0.39, 0.29) is 5.91 Å². The molecule has 0 aliphatic rings. The summed E-state index contributed by atoms with van der Waals surface area (Å²) in [5.74, 6) is 0.454. The zero-order valence-electron chi connectivity index (χ0n) is 13.3. The second-order valence-electron chi connectivity index (χ2n) is 5.38. The van der Waals surface area contributed by atoms with Gasteiger partial charge in [-0.25, -0.2) is 15.0 Å². The Morgan fingerprint density at radius 3 is 2.88 bits per heavy atom. The highest BCUT2D eigenvalue weighted by Gasteiger charge is 2.11. The van der Waals surface area contributed by atoms with Crippen LogP contribution in [0.5, 0.6) is 0 Å². The molecule has 0 bridgehead atoms. The monoisotopic (exact) mass is 425 g/mol. The number of carbonyl (C=O) groups excluding carboxylic acids is 1. The molecule has 0 saturated carbocycles. The van der Waals surface area contributed by atoms with Gasteiger partial charge in [-0.05, 0) is 24.3 Å². The number of benzene rings is 1. The third kappa shape index (κ3) is 3.56. The predicted molar refractivity (Wildman–Crippen MR) is 105 cm³/mol. The fraction of sp³-hybridized carbons (Fsp3) is 0. The zero-order chi connectivity index (χ0) is 17.9. The molecule has 6 nitrogen and oxygen atoms in total. The summed E-state index contributed by atoms with van der Waals surface area (Å²) < 4.78 is 2.75. The third-order valence-corrected chi connectivity index (χ3v) is 4.88. The van der Waals surface area contributed by atoms with Crippen LogP contribution in [0.15, 0.2) is 71.2 Å². The number of pyridine rings is 1. The van der Waals surface area contributed by atoms with Crippen LogP contribution in [0.3, 0.4) is 0 Å². The predicted octanol–water partition coefficient (Wildman–Crippen LogP) is 4.41. The maximum Gasteiger partial charge on any atom is 0.259 e. The Balaban J connectivity index is 1.48. The molecule has 0 saturated heterocycles. The van der Waals surface area contributed by atoms with Gasteiger partial charge in [0, 0.05) is 34.0 Å². The Bertz CT molecular complexity index is 1040. The number of halogens is 1. The Morgan fingerprint density at radius 1 is 1.23 bits per heavy atom. The second-order valence-corrected chi connectivity index (χ2v) is 7.15. The maximum absolute atomic E-state index is 12.4. The molecule has 4 rings (SSSR count). The lowest BCUT2D eigenvalue weighted by Gasteiger charge is -2.04. The summed E-state index contributed by atoms with van der Waals surface area (Å²) in [6.07, 6.45) is 6.66. The number of amides is 1. The first-order valence-corrected chi connectivity index (χ1v) is 9.33. The molecule has 0 aliphatic carbocycles. The highest BCUT2D eigenvalue weighted by molar-refractivity contribution is 9.10. The first kappa shape index (κ1) is 16.6. The summed E-state index contributed by atoms with van der Waals surface area (Å²) in [5, 5.41) is 5.27. The van der Waals surface area contributed by atoms with Crippen molar-refractivity contribution in [1.82, 2.24) is 19.5 Å². The number of nitrogens with one attached hydrogen (secondary N) is 1. The van der Waals surface area contributed by atoms with E-state index in [4.69, 9.17) is 0 Å². The first-order valence-electron chi connectivity index (χ1n) is 7.66. The molecular weight excluding hydrogens is 414 g/mol. The lowest BCUT2D eigenvalue weighted by Crippen LogP contribution is -2.12. The van der Waals surface area contributed by atoms with E-state index in [1.807, 2.05) is 29.6 Å². The van der Waals surface area contributed by atoms with Gasteiger partial charge in [0.25, 0.3) is 5.91 Å². The number of aromatic nitrogens is 4. The van der Waals surface area contributed by atoms with Crippen LogP contribution in [0.25, 0.3) is 17.1 Å². The summed E-state index contributed by atoms with van der Waals surface area (Å²) in [6.45, 7) is 0. The standard InChI is InChI=1S/C18H12BrN5OS/c19-14-3-1-2-12(8-14)15-10-26-18(22-15)23-17(25)13-4-5-16(21-9-13)24-7-6-20-11-24/h1-11H,(H,22,23,25). The Hall–Kier alpha value is -2.84. The van der Waals surface area contributed by atoms with E-state index in [1.54, 1.807) is 35.4 Å². The van der Waals surface area contributed by atoms with Crippen molar-refractivity contribution < 1.29 is 4.79 Å². The van der Waals surface area contributed by atoms with Crippen LogP contribution in [0.4, 0.5) is 5.13 Å². The van der Waals surface area contributed by atoms with Gasteiger partial charge in [0.15, 0.2) is 5.13 Å². The van der Waals surface area contributed by atoms with E-state index in [1.165, 1.54) is 17.5 Å². The Morgan fingerprint density at radius 2 is 2.15 bits per heavy atom. The molecule has 4 aromatic rings. The van der Waals surface area contributed by atoms with Crippen molar-refractivity contribution >= 4 is 38.3 Å². The molecule has 0 spiro atoms. The SMILES string of the molecule is O=C(Nc1nc(-c2cccc(Br)c2)cs1)c1ccc(-n2ccnc2)nc1. The van der Waals surface area contributed by atoms with Gasteiger partial charge < -0.3 is 0 Å². The van der Waals surface area contributed by atoms with Crippen LogP contribution in [-0.2, 0) is 0 Å². The van der Waals surface area contributed by atoms with Gasteiger partial charge in [-0.15, -0.1) is 11.3 Å². The molecule has 26 heavy (non-hydrogen) atoms. The lowest BCUT2D eigenvalue weighted by atomic mass is 10.2. The van der Waals surface area contributed by atoms with Crippen molar-refractivity contribution in [3.05, 3.63) is 76.7 Å². The third-order valence-electron chi connectivity index (χ3n) is 3.62. The van der Waals surface area contributed by atoms with Gasteiger partial charge in [-0.1, -0.05) is 28.1 Å². The summed E-state index contributed by atoms with van der Waals surface area (Å²) in [4.78, 5) is 25.1. The van der Waals surface area contributed by atoms with E-state index in [0.29, 0.717) is 16.5 Å². The van der Waals surface area contributed by atoms with Crippen molar-refractivity contribution in [2.45, 2.75) is 0 Å². The van der Waals surface area contributed by atoms with Gasteiger partial charge >= 0.3 is 0 Å². The van der Waals surface area contributed by atoms with Crippen molar-refractivity contribution in [1.29, 1.82) is 0 Å². The maximum atomic E-state index is 12.4. The van der Waals surface area contributed by atoms with Gasteiger partial charge in [0.05, 0.1) is 11.3 Å². The average Bonchev–Trinajstić information content (AvgIpc) is 3.34. The molecule has 0 radical (unpaired) electrons. The molecule has 1 aromatic carbocycles. The largest absolute Gasteiger partial charge is 0.298 e. The summed E-state index contributed by atoms with van der Waals surface area (Å²) in [6, 6.07) is 11.4. The van der Waals surface area contributed by atoms with Crippen molar-refractivity contribution in [3.8, 4) is 17.1 Å². The fourth-order valence-electron chi connectivity index (χ4n) is 2.35. The number of imidazole rings is 1.